The van der Waals surface area contributed by atoms with Crippen LogP contribution in [0.2, 0.25) is 0 Å². The van der Waals surface area contributed by atoms with Gasteiger partial charge in [-0.1, -0.05) is 0 Å². The van der Waals surface area contributed by atoms with Gasteiger partial charge in [0.15, 0.2) is 0 Å². The summed E-state index contributed by atoms with van der Waals surface area (Å²) in [5.74, 6) is 0.638. The van der Waals surface area contributed by atoms with Crippen LogP contribution in [0.4, 0.5) is 10.2 Å². The molecule has 0 aliphatic carbocycles. The summed E-state index contributed by atoms with van der Waals surface area (Å²) in [6.45, 7) is 1.52. The van der Waals surface area contributed by atoms with Crippen LogP contribution in [0.3, 0.4) is 0 Å². The minimum absolute atomic E-state index is 0.0584. The van der Waals surface area contributed by atoms with Gasteiger partial charge >= 0.3 is 5.97 Å². The molecule has 0 unspecified atom stereocenters. The van der Waals surface area contributed by atoms with Gasteiger partial charge in [0.05, 0.1) is 6.20 Å². The van der Waals surface area contributed by atoms with Gasteiger partial charge < -0.3 is 10.0 Å². The molecule has 0 atom stereocenters. The van der Waals surface area contributed by atoms with Gasteiger partial charge in [-0.25, -0.2) is 14.2 Å². The summed E-state index contributed by atoms with van der Waals surface area (Å²) < 4.78 is 13.0. The summed E-state index contributed by atoms with van der Waals surface area (Å²) in [4.78, 5) is 16.9. The van der Waals surface area contributed by atoms with Crippen LogP contribution in [0.15, 0.2) is 12.3 Å². The predicted octanol–water partition coefficient (Wildman–Crippen LogP) is 1.86. The molecule has 1 aliphatic heterocycles. The molecule has 0 bridgehead atoms. The van der Waals surface area contributed by atoms with Crippen molar-refractivity contribution in [2.45, 2.75) is 6.42 Å². The lowest BCUT2D eigenvalue weighted by Gasteiger charge is -2.22. The third-order valence-electron chi connectivity index (χ3n) is 2.59. The van der Waals surface area contributed by atoms with E-state index in [4.69, 9.17) is 5.11 Å². The van der Waals surface area contributed by atoms with Gasteiger partial charge in [0, 0.05) is 18.8 Å². The maximum atomic E-state index is 13.0. The maximum Gasteiger partial charge on any atom is 0.339 e. The maximum absolute atomic E-state index is 13.0. The van der Waals surface area contributed by atoms with Crippen molar-refractivity contribution in [1.82, 2.24) is 4.98 Å². The molecule has 0 radical (unpaired) electrons. The van der Waals surface area contributed by atoms with Crippen molar-refractivity contribution < 1.29 is 14.3 Å². The van der Waals surface area contributed by atoms with Crippen LogP contribution in [-0.2, 0) is 0 Å². The van der Waals surface area contributed by atoms with E-state index in [-0.39, 0.29) is 5.56 Å². The number of pyridine rings is 1. The van der Waals surface area contributed by atoms with Crippen LogP contribution in [0.25, 0.3) is 0 Å². The highest BCUT2D eigenvalue weighted by Crippen LogP contribution is 2.21. The smallest absolute Gasteiger partial charge is 0.339 e. The Morgan fingerprint density at radius 3 is 3.06 bits per heavy atom. The lowest BCUT2D eigenvalue weighted by atomic mass is 10.2. The fourth-order valence-electron chi connectivity index (χ4n) is 1.80. The number of hydrogen-bond donors (Lipinski definition) is 1. The molecule has 0 amide bonds. The second-order valence-corrected chi connectivity index (χ2v) is 5.01. The van der Waals surface area contributed by atoms with Gasteiger partial charge in [-0.2, -0.15) is 11.8 Å². The Labute approximate surface area is 103 Å². The quantitative estimate of drug-likeness (QED) is 0.875. The summed E-state index contributed by atoms with van der Waals surface area (Å²) in [7, 11) is 0. The number of aromatic carboxylic acids is 1. The fourth-order valence-corrected chi connectivity index (χ4v) is 2.69. The molecule has 6 heteroatoms. The molecule has 1 N–H and O–H groups in total. The van der Waals surface area contributed by atoms with E-state index in [1.165, 1.54) is 0 Å². The number of thioether (sulfide) groups is 1. The van der Waals surface area contributed by atoms with Gasteiger partial charge in [-0.05, 0) is 18.2 Å². The number of nitrogens with zero attached hydrogens (tertiary/aromatic N) is 2. The second kappa shape index (κ2) is 5.35. The zero-order valence-electron chi connectivity index (χ0n) is 9.23. The van der Waals surface area contributed by atoms with E-state index in [2.05, 4.69) is 4.98 Å². The first-order chi connectivity index (χ1) is 8.18. The standard InChI is InChI=1S/C11H13FN2O2S/c12-8-6-9(11(15)16)10(13-7-8)14-2-1-4-17-5-3-14/h6-7H,1-5H2,(H,15,16). The van der Waals surface area contributed by atoms with Gasteiger partial charge in [-0.15, -0.1) is 0 Å². The number of carboxylic acid groups (broad SMARTS) is 1. The summed E-state index contributed by atoms with van der Waals surface area (Å²) >= 11 is 1.84. The molecule has 2 rings (SSSR count). The molecule has 1 fully saturated rings. The minimum Gasteiger partial charge on any atom is -0.478 e. The Hall–Kier alpha value is -1.30. The van der Waals surface area contributed by atoms with Crippen LogP contribution in [0.1, 0.15) is 16.8 Å². The number of rotatable bonds is 2. The Bertz CT molecular complexity index is 420. The second-order valence-electron chi connectivity index (χ2n) is 3.78. The first-order valence-electron chi connectivity index (χ1n) is 5.40. The van der Waals surface area contributed by atoms with Crippen molar-refractivity contribution in [2.75, 3.05) is 29.5 Å². The van der Waals surface area contributed by atoms with Crippen molar-refractivity contribution in [3.8, 4) is 0 Å². The molecular weight excluding hydrogens is 243 g/mol. The van der Waals surface area contributed by atoms with Crippen molar-refractivity contribution in [3.05, 3.63) is 23.6 Å². The highest BCUT2D eigenvalue weighted by atomic mass is 32.2. The van der Waals surface area contributed by atoms with Gasteiger partial charge in [-0.3, -0.25) is 0 Å². The lowest BCUT2D eigenvalue weighted by Crippen LogP contribution is -2.28. The zero-order valence-corrected chi connectivity index (χ0v) is 10.0. The molecule has 1 aliphatic rings. The first kappa shape index (κ1) is 12.2. The highest BCUT2D eigenvalue weighted by Gasteiger charge is 2.19. The number of hydrogen-bond acceptors (Lipinski definition) is 4. The van der Waals surface area contributed by atoms with Crippen molar-refractivity contribution in [3.63, 3.8) is 0 Å². The third kappa shape index (κ3) is 2.88. The average molecular weight is 256 g/mol. The molecule has 4 nitrogen and oxygen atoms in total. The number of carbonyl (C=O) groups is 1. The van der Waals surface area contributed by atoms with Crippen LogP contribution >= 0.6 is 11.8 Å². The number of halogens is 1. The van der Waals surface area contributed by atoms with Crippen LogP contribution < -0.4 is 4.90 Å². The van der Waals surface area contributed by atoms with Crippen molar-refractivity contribution in [2.24, 2.45) is 0 Å². The van der Waals surface area contributed by atoms with Crippen LogP contribution in [0, 0.1) is 5.82 Å². The molecule has 0 spiro atoms. The Morgan fingerprint density at radius 1 is 1.47 bits per heavy atom. The molecule has 1 aromatic rings. The van der Waals surface area contributed by atoms with E-state index in [1.807, 2.05) is 16.7 Å². The van der Waals surface area contributed by atoms with Crippen LogP contribution in [0.5, 0.6) is 0 Å². The molecule has 1 aromatic heterocycles. The van der Waals surface area contributed by atoms with Gasteiger partial charge in [0.2, 0.25) is 0 Å². The molecule has 92 valence electrons. The van der Waals surface area contributed by atoms with Crippen molar-refractivity contribution >= 4 is 23.5 Å². The van der Waals surface area contributed by atoms with Gasteiger partial charge in [0.1, 0.15) is 17.2 Å². The van der Waals surface area contributed by atoms with E-state index in [9.17, 15) is 9.18 Å². The van der Waals surface area contributed by atoms with Crippen LogP contribution in [-0.4, -0.2) is 40.7 Å². The van der Waals surface area contributed by atoms with Gasteiger partial charge in [0.25, 0.3) is 0 Å². The molecule has 1 saturated heterocycles. The monoisotopic (exact) mass is 256 g/mol. The number of carboxylic acids is 1. The fraction of sp³-hybridized carbons (Fsp3) is 0.455. The van der Waals surface area contributed by atoms with E-state index in [1.54, 1.807) is 0 Å². The predicted molar refractivity (Wildman–Crippen MR) is 65.3 cm³/mol. The SMILES string of the molecule is O=C(O)c1cc(F)cnc1N1CCCSCC1. The molecule has 0 saturated carbocycles. The van der Waals surface area contributed by atoms with E-state index < -0.39 is 11.8 Å². The topological polar surface area (TPSA) is 53.4 Å². The summed E-state index contributed by atoms with van der Waals surface area (Å²) in [5, 5.41) is 9.05. The number of anilines is 1. The number of aromatic nitrogens is 1. The third-order valence-corrected chi connectivity index (χ3v) is 3.63. The zero-order chi connectivity index (χ0) is 12.3. The van der Waals surface area contributed by atoms with E-state index in [0.29, 0.717) is 5.82 Å². The minimum atomic E-state index is -1.14. The Morgan fingerprint density at radius 2 is 2.29 bits per heavy atom. The summed E-state index contributed by atoms with van der Waals surface area (Å²) in [6.07, 6.45) is 2.06. The normalized spacial score (nSPS) is 16.6. The van der Waals surface area contributed by atoms with Crippen molar-refractivity contribution in [1.29, 1.82) is 0 Å². The van der Waals surface area contributed by atoms with E-state index in [0.717, 1.165) is 43.3 Å². The Kier molecular flexibility index (Phi) is 3.83. The molecular formula is C11H13FN2O2S. The molecule has 17 heavy (non-hydrogen) atoms. The largest absolute Gasteiger partial charge is 0.478 e. The Balaban J connectivity index is 2.32. The lowest BCUT2D eigenvalue weighted by molar-refractivity contribution is 0.0696. The summed E-state index contributed by atoms with van der Waals surface area (Å²) in [6, 6.07) is 1.03. The molecule has 0 aromatic carbocycles. The summed E-state index contributed by atoms with van der Waals surface area (Å²) in [5.41, 5.74) is -0.0584. The average Bonchev–Trinajstić information content (AvgIpc) is 2.57. The molecule has 2 heterocycles. The first-order valence-corrected chi connectivity index (χ1v) is 6.55. The van der Waals surface area contributed by atoms with E-state index >= 15 is 0 Å². The highest BCUT2D eigenvalue weighted by molar-refractivity contribution is 7.99.